The topological polar surface area (TPSA) is 106 Å². The SMILES string of the molecule is CC(C)N(CC(N)=O)C(=O)c1sc(N(C)C)nc1N. The van der Waals surface area contributed by atoms with E-state index in [1.54, 1.807) is 4.90 Å². The van der Waals surface area contributed by atoms with E-state index in [-0.39, 0.29) is 24.3 Å². The van der Waals surface area contributed by atoms with Crippen molar-refractivity contribution in [2.75, 3.05) is 31.3 Å². The summed E-state index contributed by atoms with van der Waals surface area (Å²) >= 11 is 1.20. The summed E-state index contributed by atoms with van der Waals surface area (Å²) in [6, 6.07) is -0.149. The molecule has 8 heteroatoms. The summed E-state index contributed by atoms with van der Waals surface area (Å²) in [5.41, 5.74) is 10.9. The highest BCUT2D eigenvalue weighted by Gasteiger charge is 2.25. The van der Waals surface area contributed by atoms with Gasteiger partial charge in [0.05, 0.1) is 6.54 Å². The Bertz CT molecular complexity index is 483. The van der Waals surface area contributed by atoms with Crippen LogP contribution in [-0.4, -0.2) is 48.4 Å². The van der Waals surface area contributed by atoms with Gasteiger partial charge in [0.25, 0.3) is 5.91 Å². The molecule has 0 saturated heterocycles. The highest BCUT2D eigenvalue weighted by Crippen LogP contribution is 2.28. The van der Waals surface area contributed by atoms with Gasteiger partial charge < -0.3 is 21.3 Å². The normalized spacial score (nSPS) is 10.6. The lowest BCUT2D eigenvalue weighted by Gasteiger charge is -2.24. The molecule has 0 bridgehead atoms. The molecule has 0 aliphatic heterocycles. The molecule has 1 aromatic heterocycles. The van der Waals surface area contributed by atoms with Gasteiger partial charge >= 0.3 is 0 Å². The van der Waals surface area contributed by atoms with Crippen LogP contribution in [0, 0.1) is 0 Å². The number of nitrogens with zero attached hydrogens (tertiary/aromatic N) is 3. The van der Waals surface area contributed by atoms with E-state index in [1.807, 2.05) is 27.9 Å². The summed E-state index contributed by atoms with van der Waals surface area (Å²) in [5, 5.41) is 0.642. The number of hydrogen-bond acceptors (Lipinski definition) is 6. The summed E-state index contributed by atoms with van der Waals surface area (Å²) < 4.78 is 0. The first kappa shape index (κ1) is 15.2. The molecule has 0 aromatic carbocycles. The fourth-order valence-electron chi connectivity index (χ4n) is 1.45. The van der Waals surface area contributed by atoms with Gasteiger partial charge in [-0.1, -0.05) is 11.3 Å². The number of carbonyl (C=O) groups is 2. The largest absolute Gasteiger partial charge is 0.382 e. The second-order valence-electron chi connectivity index (χ2n) is 4.60. The van der Waals surface area contributed by atoms with E-state index in [4.69, 9.17) is 11.5 Å². The van der Waals surface area contributed by atoms with Crippen molar-refractivity contribution in [3.63, 3.8) is 0 Å². The maximum atomic E-state index is 12.4. The van der Waals surface area contributed by atoms with Crippen molar-refractivity contribution in [3.05, 3.63) is 4.88 Å². The second kappa shape index (κ2) is 5.87. The minimum absolute atomic E-state index is 0.134. The van der Waals surface area contributed by atoms with Crippen LogP contribution in [0.4, 0.5) is 10.9 Å². The molecule has 1 rings (SSSR count). The number of nitrogens with two attached hydrogens (primary N) is 2. The number of thiazole rings is 1. The Kier molecular flexibility index (Phi) is 4.71. The Morgan fingerprint density at radius 2 is 1.95 bits per heavy atom. The molecule has 7 nitrogen and oxygen atoms in total. The maximum absolute atomic E-state index is 12.4. The molecule has 0 fully saturated rings. The zero-order valence-corrected chi connectivity index (χ0v) is 12.3. The fraction of sp³-hybridized carbons (Fsp3) is 0.545. The van der Waals surface area contributed by atoms with Crippen molar-refractivity contribution in [1.82, 2.24) is 9.88 Å². The minimum Gasteiger partial charge on any atom is -0.382 e. The van der Waals surface area contributed by atoms with Gasteiger partial charge in [0.1, 0.15) is 10.7 Å². The van der Waals surface area contributed by atoms with E-state index in [0.29, 0.717) is 10.0 Å². The van der Waals surface area contributed by atoms with Gasteiger partial charge in [-0.3, -0.25) is 9.59 Å². The Morgan fingerprint density at radius 3 is 2.32 bits per heavy atom. The lowest BCUT2D eigenvalue weighted by molar-refractivity contribution is -0.119. The van der Waals surface area contributed by atoms with Crippen LogP contribution in [0.1, 0.15) is 23.5 Å². The molecule has 0 atom stereocenters. The van der Waals surface area contributed by atoms with Gasteiger partial charge in [0, 0.05) is 20.1 Å². The van der Waals surface area contributed by atoms with Gasteiger partial charge in [-0.2, -0.15) is 0 Å². The Morgan fingerprint density at radius 1 is 1.37 bits per heavy atom. The van der Waals surface area contributed by atoms with E-state index in [2.05, 4.69) is 4.98 Å². The number of primary amides is 1. The minimum atomic E-state index is -0.557. The van der Waals surface area contributed by atoms with Gasteiger partial charge in [0.15, 0.2) is 5.13 Å². The molecule has 0 aliphatic carbocycles. The summed E-state index contributed by atoms with van der Waals surface area (Å²) in [6.07, 6.45) is 0. The molecule has 0 aliphatic rings. The monoisotopic (exact) mass is 285 g/mol. The number of aromatic nitrogens is 1. The molecule has 19 heavy (non-hydrogen) atoms. The van der Waals surface area contributed by atoms with Crippen LogP contribution in [0.2, 0.25) is 0 Å². The summed E-state index contributed by atoms with van der Waals surface area (Å²) in [4.78, 5) is 31.0. The van der Waals surface area contributed by atoms with Crippen molar-refractivity contribution < 1.29 is 9.59 Å². The highest BCUT2D eigenvalue weighted by molar-refractivity contribution is 7.18. The Labute approximate surface area is 116 Å². The number of hydrogen-bond donors (Lipinski definition) is 2. The van der Waals surface area contributed by atoms with Gasteiger partial charge in [-0.05, 0) is 13.8 Å². The van der Waals surface area contributed by atoms with E-state index in [9.17, 15) is 9.59 Å². The third kappa shape index (κ3) is 3.57. The fourth-order valence-corrected chi connectivity index (χ4v) is 2.32. The predicted molar refractivity (Wildman–Crippen MR) is 76.2 cm³/mol. The maximum Gasteiger partial charge on any atom is 0.268 e. The van der Waals surface area contributed by atoms with E-state index >= 15 is 0 Å². The van der Waals surface area contributed by atoms with E-state index < -0.39 is 5.91 Å². The average Bonchev–Trinajstić information content (AvgIpc) is 2.67. The molecular formula is C11H19N5O2S. The van der Waals surface area contributed by atoms with E-state index in [0.717, 1.165) is 0 Å². The van der Waals surface area contributed by atoms with Crippen LogP contribution in [0.5, 0.6) is 0 Å². The molecular weight excluding hydrogens is 266 g/mol. The number of anilines is 2. The standard InChI is InChI=1S/C11H19N5O2S/c1-6(2)16(5-7(12)17)10(18)8-9(13)14-11(19-8)15(3)4/h6H,5,13H2,1-4H3,(H2,12,17). The van der Waals surface area contributed by atoms with Crippen LogP contribution in [0.3, 0.4) is 0 Å². The van der Waals surface area contributed by atoms with Gasteiger partial charge in [0.2, 0.25) is 5.91 Å². The van der Waals surface area contributed by atoms with E-state index in [1.165, 1.54) is 16.2 Å². The first-order chi connectivity index (χ1) is 8.73. The van der Waals surface area contributed by atoms with Crippen molar-refractivity contribution in [1.29, 1.82) is 0 Å². The quantitative estimate of drug-likeness (QED) is 0.799. The van der Waals surface area contributed by atoms with Crippen molar-refractivity contribution in [2.45, 2.75) is 19.9 Å². The van der Waals surface area contributed by atoms with Gasteiger partial charge in [-0.25, -0.2) is 4.98 Å². The predicted octanol–water partition coefficient (Wildman–Crippen LogP) is 0.127. The van der Waals surface area contributed by atoms with Crippen LogP contribution >= 0.6 is 11.3 Å². The lowest BCUT2D eigenvalue weighted by atomic mass is 10.3. The number of nitrogen functional groups attached to an aromatic ring is 1. The smallest absolute Gasteiger partial charge is 0.268 e. The highest BCUT2D eigenvalue weighted by atomic mass is 32.1. The molecule has 106 valence electrons. The third-order valence-electron chi connectivity index (χ3n) is 2.43. The molecule has 4 N–H and O–H groups in total. The first-order valence-electron chi connectivity index (χ1n) is 5.77. The second-order valence-corrected chi connectivity index (χ2v) is 5.58. The average molecular weight is 285 g/mol. The zero-order chi connectivity index (χ0) is 14.7. The molecule has 2 amide bonds. The first-order valence-corrected chi connectivity index (χ1v) is 6.58. The van der Waals surface area contributed by atoms with Crippen molar-refractivity contribution in [3.8, 4) is 0 Å². The molecule has 1 aromatic rings. The van der Waals surface area contributed by atoms with Gasteiger partial charge in [-0.15, -0.1) is 0 Å². The van der Waals surface area contributed by atoms with Crippen molar-refractivity contribution in [2.24, 2.45) is 5.73 Å². The number of amides is 2. The molecule has 0 unspecified atom stereocenters. The van der Waals surface area contributed by atoms with Crippen LogP contribution in [-0.2, 0) is 4.79 Å². The molecule has 0 saturated carbocycles. The molecule has 1 heterocycles. The summed E-state index contributed by atoms with van der Waals surface area (Å²) in [5.74, 6) is -0.705. The van der Waals surface area contributed by atoms with Crippen LogP contribution in [0.25, 0.3) is 0 Å². The summed E-state index contributed by atoms with van der Waals surface area (Å²) in [7, 11) is 3.63. The molecule has 0 radical (unpaired) electrons. The lowest BCUT2D eigenvalue weighted by Crippen LogP contribution is -2.42. The van der Waals surface area contributed by atoms with Crippen LogP contribution < -0.4 is 16.4 Å². The Hall–Kier alpha value is -1.83. The zero-order valence-electron chi connectivity index (χ0n) is 11.5. The number of rotatable bonds is 5. The Balaban J connectivity index is 3.06. The molecule has 0 spiro atoms. The van der Waals surface area contributed by atoms with Crippen LogP contribution in [0.15, 0.2) is 0 Å². The third-order valence-corrected chi connectivity index (χ3v) is 3.66. The number of carbonyl (C=O) groups excluding carboxylic acids is 2. The van der Waals surface area contributed by atoms with Crippen molar-refractivity contribution >= 4 is 34.1 Å². The summed E-state index contributed by atoms with van der Waals surface area (Å²) in [6.45, 7) is 3.49.